The Labute approximate surface area is 121 Å². The van der Waals surface area contributed by atoms with E-state index in [0.29, 0.717) is 0 Å². The van der Waals surface area contributed by atoms with Crippen molar-refractivity contribution in [3.8, 4) is 0 Å². The summed E-state index contributed by atoms with van der Waals surface area (Å²) in [5.41, 5.74) is 2.93. The summed E-state index contributed by atoms with van der Waals surface area (Å²) in [6, 6.07) is 15.4. The smallest absolute Gasteiger partial charge is 0.243 e. The van der Waals surface area contributed by atoms with Crippen molar-refractivity contribution < 1.29 is 4.79 Å². The molecule has 0 fully saturated rings. The van der Waals surface area contributed by atoms with Crippen LogP contribution in [0, 0.1) is 6.92 Å². The van der Waals surface area contributed by atoms with Crippen LogP contribution in [0.25, 0.3) is 0 Å². The molecule has 2 N–H and O–H groups in total. The van der Waals surface area contributed by atoms with Gasteiger partial charge in [-0.05, 0) is 43.3 Å². The average molecular weight is 319 g/mol. The first-order valence-electron chi connectivity index (χ1n) is 5.99. The third kappa shape index (κ3) is 4.41. The summed E-state index contributed by atoms with van der Waals surface area (Å²) < 4.78 is 0.989. The van der Waals surface area contributed by atoms with Gasteiger partial charge in [0.15, 0.2) is 0 Å². The van der Waals surface area contributed by atoms with Gasteiger partial charge in [-0.1, -0.05) is 33.6 Å². The lowest BCUT2D eigenvalue weighted by Gasteiger charge is -2.08. The molecule has 0 heterocycles. The van der Waals surface area contributed by atoms with Crippen LogP contribution in [0.1, 0.15) is 5.56 Å². The molecule has 0 aliphatic rings. The van der Waals surface area contributed by atoms with E-state index in [-0.39, 0.29) is 12.5 Å². The van der Waals surface area contributed by atoms with Gasteiger partial charge in [-0.25, -0.2) is 0 Å². The third-order valence-corrected chi connectivity index (χ3v) is 3.16. The van der Waals surface area contributed by atoms with Gasteiger partial charge in [0.05, 0.1) is 6.54 Å². The summed E-state index contributed by atoms with van der Waals surface area (Å²) in [7, 11) is 0. The minimum Gasteiger partial charge on any atom is -0.376 e. The second-order valence-corrected chi connectivity index (χ2v) is 5.19. The van der Waals surface area contributed by atoms with E-state index in [1.54, 1.807) is 0 Å². The lowest BCUT2D eigenvalue weighted by Crippen LogP contribution is -2.21. The molecule has 19 heavy (non-hydrogen) atoms. The van der Waals surface area contributed by atoms with Gasteiger partial charge in [0.25, 0.3) is 0 Å². The van der Waals surface area contributed by atoms with E-state index in [4.69, 9.17) is 0 Å². The zero-order chi connectivity index (χ0) is 13.7. The van der Waals surface area contributed by atoms with Crippen molar-refractivity contribution in [1.29, 1.82) is 0 Å². The number of aryl methyl sites for hydroxylation is 1. The fourth-order valence-electron chi connectivity index (χ4n) is 1.59. The van der Waals surface area contributed by atoms with Crippen LogP contribution < -0.4 is 10.6 Å². The number of nitrogens with one attached hydrogen (secondary N) is 2. The number of benzene rings is 2. The molecule has 2 rings (SSSR count). The minimum atomic E-state index is -0.0668. The molecule has 0 atom stereocenters. The molecule has 0 saturated heterocycles. The van der Waals surface area contributed by atoms with E-state index in [0.717, 1.165) is 15.8 Å². The highest BCUT2D eigenvalue weighted by Gasteiger charge is 2.02. The molecule has 3 nitrogen and oxygen atoms in total. The maximum atomic E-state index is 11.8. The van der Waals surface area contributed by atoms with E-state index in [1.165, 1.54) is 5.56 Å². The van der Waals surface area contributed by atoms with Crippen molar-refractivity contribution >= 4 is 33.2 Å². The number of carbonyl (C=O) groups excluding carboxylic acids is 1. The Balaban J connectivity index is 1.84. The SMILES string of the molecule is Cc1ccc(NCC(=O)Nc2ccc(Br)cc2)cc1. The Bertz CT molecular complexity index is 549. The van der Waals surface area contributed by atoms with Crippen LogP contribution in [-0.4, -0.2) is 12.5 Å². The van der Waals surface area contributed by atoms with Crippen LogP contribution >= 0.6 is 15.9 Å². The number of amides is 1. The summed E-state index contributed by atoms with van der Waals surface area (Å²) in [6.45, 7) is 2.28. The Morgan fingerprint density at radius 1 is 1.00 bits per heavy atom. The Morgan fingerprint density at radius 2 is 1.58 bits per heavy atom. The molecule has 98 valence electrons. The number of hydrogen-bond donors (Lipinski definition) is 2. The van der Waals surface area contributed by atoms with Gasteiger partial charge >= 0.3 is 0 Å². The van der Waals surface area contributed by atoms with Crippen molar-refractivity contribution in [1.82, 2.24) is 0 Å². The van der Waals surface area contributed by atoms with Crippen molar-refractivity contribution in [2.24, 2.45) is 0 Å². The zero-order valence-corrected chi connectivity index (χ0v) is 12.2. The molecule has 0 saturated carbocycles. The number of hydrogen-bond acceptors (Lipinski definition) is 2. The Kier molecular flexibility index (Phi) is 4.58. The van der Waals surface area contributed by atoms with Gasteiger partial charge in [0, 0.05) is 15.8 Å². The van der Waals surface area contributed by atoms with Gasteiger partial charge in [-0.15, -0.1) is 0 Å². The van der Waals surface area contributed by atoms with Crippen LogP contribution in [0.3, 0.4) is 0 Å². The highest BCUT2D eigenvalue weighted by atomic mass is 79.9. The fourth-order valence-corrected chi connectivity index (χ4v) is 1.86. The molecule has 1 amide bonds. The number of rotatable bonds is 4. The number of anilines is 2. The molecule has 2 aromatic rings. The highest BCUT2D eigenvalue weighted by Crippen LogP contribution is 2.14. The first-order chi connectivity index (χ1) is 9.13. The second kappa shape index (κ2) is 6.38. The Hall–Kier alpha value is -1.81. The fraction of sp³-hybridized carbons (Fsp3) is 0.133. The van der Waals surface area contributed by atoms with Crippen LogP contribution in [0.15, 0.2) is 53.0 Å². The van der Waals surface area contributed by atoms with E-state index < -0.39 is 0 Å². The largest absolute Gasteiger partial charge is 0.376 e. The zero-order valence-electron chi connectivity index (χ0n) is 10.6. The molecule has 0 radical (unpaired) electrons. The maximum absolute atomic E-state index is 11.8. The van der Waals surface area contributed by atoms with E-state index >= 15 is 0 Å². The maximum Gasteiger partial charge on any atom is 0.243 e. The molecule has 0 aliphatic heterocycles. The second-order valence-electron chi connectivity index (χ2n) is 4.27. The van der Waals surface area contributed by atoms with E-state index in [9.17, 15) is 4.79 Å². The molecule has 0 unspecified atom stereocenters. The van der Waals surface area contributed by atoms with Crippen molar-refractivity contribution in [2.75, 3.05) is 17.2 Å². The van der Waals surface area contributed by atoms with Gasteiger partial charge < -0.3 is 10.6 Å². The molecular formula is C15H15BrN2O. The monoisotopic (exact) mass is 318 g/mol. The van der Waals surface area contributed by atoms with Crippen molar-refractivity contribution in [2.45, 2.75) is 6.92 Å². The van der Waals surface area contributed by atoms with Crippen LogP contribution in [0.4, 0.5) is 11.4 Å². The number of halogens is 1. The Morgan fingerprint density at radius 3 is 2.21 bits per heavy atom. The predicted molar refractivity (Wildman–Crippen MR) is 82.4 cm³/mol. The van der Waals surface area contributed by atoms with Gasteiger partial charge in [-0.3, -0.25) is 4.79 Å². The van der Waals surface area contributed by atoms with Crippen LogP contribution in [0.2, 0.25) is 0 Å². The van der Waals surface area contributed by atoms with Gasteiger partial charge in [0.1, 0.15) is 0 Å². The first kappa shape index (κ1) is 13.6. The minimum absolute atomic E-state index is 0.0668. The number of carbonyl (C=O) groups is 1. The molecule has 0 bridgehead atoms. The normalized spacial score (nSPS) is 10.0. The third-order valence-electron chi connectivity index (χ3n) is 2.63. The van der Waals surface area contributed by atoms with Crippen molar-refractivity contribution in [3.63, 3.8) is 0 Å². The van der Waals surface area contributed by atoms with Crippen molar-refractivity contribution in [3.05, 3.63) is 58.6 Å². The lowest BCUT2D eigenvalue weighted by molar-refractivity contribution is -0.114. The van der Waals surface area contributed by atoms with Gasteiger partial charge in [-0.2, -0.15) is 0 Å². The molecule has 4 heteroatoms. The lowest BCUT2D eigenvalue weighted by atomic mass is 10.2. The summed E-state index contributed by atoms with van der Waals surface area (Å²) >= 11 is 3.35. The summed E-state index contributed by atoms with van der Waals surface area (Å²) in [6.07, 6.45) is 0. The summed E-state index contributed by atoms with van der Waals surface area (Å²) in [4.78, 5) is 11.8. The van der Waals surface area contributed by atoms with Crippen LogP contribution in [-0.2, 0) is 4.79 Å². The topological polar surface area (TPSA) is 41.1 Å². The molecule has 0 aliphatic carbocycles. The molecule has 0 aromatic heterocycles. The highest BCUT2D eigenvalue weighted by molar-refractivity contribution is 9.10. The summed E-state index contributed by atoms with van der Waals surface area (Å²) in [5.74, 6) is -0.0668. The van der Waals surface area contributed by atoms with Crippen LogP contribution in [0.5, 0.6) is 0 Å². The van der Waals surface area contributed by atoms with E-state index in [1.807, 2.05) is 55.5 Å². The molecular weight excluding hydrogens is 304 g/mol. The quantitative estimate of drug-likeness (QED) is 0.900. The molecule has 2 aromatic carbocycles. The van der Waals surface area contributed by atoms with Gasteiger partial charge in [0.2, 0.25) is 5.91 Å². The predicted octanol–water partition coefficient (Wildman–Crippen LogP) is 3.81. The van der Waals surface area contributed by atoms with E-state index in [2.05, 4.69) is 26.6 Å². The first-order valence-corrected chi connectivity index (χ1v) is 6.79. The summed E-state index contributed by atoms with van der Waals surface area (Å²) in [5, 5.41) is 5.91. The average Bonchev–Trinajstić information content (AvgIpc) is 2.41. The standard InChI is InChI=1S/C15H15BrN2O/c1-11-2-6-13(7-3-11)17-10-15(19)18-14-8-4-12(16)5-9-14/h2-9,17H,10H2,1H3,(H,18,19). The molecule has 0 spiro atoms.